The number of aromatic nitrogens is 3. The molecule has 0 bridgehead atoms. The summed E-state index contributed by atoms with van der Waals surface area (Å²) in [5.41, 5.74) is -6.80. The third-order valence-corrected chi connectivity index (χ3v) is 5.44. The quantitative estimate of drug-likeness (QED) is 0.818. The van der Waals surface area contributed by atoms with E-state index in [0.717, 1.165) is 6.07 Å². The van der Waals surface area contributed by atoms with Gasteiger partial charge in [-0.05, 0) is 17.2 Å². The van der Waals surface area contributed by atoms with Crippen molar-refractivity contribution in [2.45, 2.75) is 35.4 Å². The Balaban J connectivity index is 2.21. The minimum atomic E-state index is -5.89. The van der Waals surface area contributed by atoms with Crippen molar-refractivity contribution in [1.29, 1.82) is 0 Å². The van der Waals surface area contributed by atoms with Crippen LogP contribution >= 0.6 is 0 Å². The molecule has 1 aromatic heterocycles. The summed E-state index contributed by atoms with van der Waals surface area (Å²) in [6.07, 6.45) is -1.29. The number of aliphatic hydroxyl groups excluding tert-OH is 1. The lowest BCUT2D eigenvalue weighted by molar-refractivity contribution is -0.0978. The van der Waals surface area contributed by atoms with Crippen molar-refractivity contribution in [3.8, 4) is 0 Å². The first kappa shape index (κ1) is 17.7. The van der Waals surface area contributed by atoms with E-state index in [-0.39, 0.29) is 17.7 Å². The van der Waals surface area contributed by atoms with E-state index in [1.165, 1.54) is 17.3 Å². The molecule has 0 aliphatic heterocycles. The highest BCUT2D eigenvalue weighted by molar-refractivity contribution is 7.92. The second kappa shape index (κ2) is 5.46. The van der Waals surface area contributed by atoms with Gasteiger partial charge in [0.2, 0.25) is 0 Å². The van der Waals surface area contributed by atoms with Gasteiger partial charge in [0.25, 0.3) is 15.8 Å². The summed E-state index contributed by atoms with van der Waals surface area (Å²) >= 11 is 0. The van der Waals surface area contributed by atoms with Gasteiger partial charge < -0.3 is 5.11 Å². The van der Waals surface area contributed by atoms with Crippen LogP contribution in [0.15, 0.2) is 29.7 Å². The summed E-state index contributed by atoms with van der Waals surface area (Å²) in [4.78, 5) is 2.29. The summed E-state index contributed by atoms with van der Waals surface area (Å²) in [6, 6.07) is 1.59. The summed E-state index contributed by atoms with van der Waals surface area (Å²) in [6.45, 7) is -0.114. The van der Waals surface area contributed by atoms with Crippen molar-refractivity contribution in [1.82, 2.24) is 14.8 Å². The maximum atomic E-state index is 13.9. The third-order valence-electron chi connectivity index (χ3n) is 3.89. The summed E-state index contributed by atoms with van der Waals surface area (Å²) in [5.74, 6) is -3.78. The van der Waals surface area contributed by atoms with Crippen LogP contribution in [0.25, 0.3) is 0 Å². The number of benzene rings is 1. The number of fused-ring (bicyclic) bond motifs is 1. The van der Waals surface area contributed by atoms with Crippen molar-refractivity contribution in [3.63, 3.8) is 0 Å². The summed E-state index contributed by atoms with van der Waals surface area (Å²) in [5, 5.41) is 13.5. The molecule has 6 nitrogen and oxygen atoms in total. The monoisotopic (exact) mass is 383 g/mol. The van der Waals surface area contributed by atoms with E-state index in [9.17, 15) is 35.5 Å². The lowest BCUT2D eigenvalue weighted by Gasteiger charge is -2.17. The second-order valence-electron chi connectivity index (χ2n) is 5.50. The first-order chi connectivity index (χ1) is 11.4. The van der Waals surface area contributed by atoms with Gasteiger partial charge in [-0.25, -0.2) is 26.9 Å². The Kier molecular flexibility index (Phi) is 3.87. The lowest BCUT2D eigenvalue weighted by Crippen LogP contribution is -2.26. The standard InChI is InChI=1S/C13H10F5N3O3S/c14-12(15)3-8-7(4-21-6-19-5-20-21)1-2-9(10(8)11(12)22)25(23,24)13(16,17)18/h1-2,5-6,11,22H,3-4H2/t11-/m0/s1. The van der Waals surface area contributed by atoms with Gasteiger partial charge in [0, 0.05) is 12.0 Å². The third kappa shape index (κ3) is 2.78. The zero-order valence-corrected chi connectivity index (χ0v) is 13.0. The highest BCUT2D eigenvalue weighted by atomic mass is 32.2. The number of alkyl halides is 5. The maximum Gasteiger partial charge on any atom is 0.501 e. The number of aliphatic hydroxyl groups is 1. The van der Waals surface area contributed by atoms with Crippen LogP contribution in [0, 0.1) is 0 Å². The zero-order valence-electron chi connectivity index (χ0n) is 12.2. The van der Waals surface area contributed by atoms with E-state index in [2.05, 4.69) is 10.1 Å². The Morgan fingerprint density at radius 3 is 2.56 bits per heavy atom. The van der Waals surface area contributed by atoms with Gasteiger partial charge in [-0.15, -0.1) is 0 Å². The van der Waals surface area contributed by atoms with E-state index in [1.54, 1.807) is 0 Å². The minimum Gasteiger partial charge on any atom is -0.382 e. The fraction of sp³-hybridized carbons (Fsp3) is 0.385. The van der Waals surface area contributed by atoms with Gasteiger partial charge in [0.15, 0.2) is 0 Å². The SMILES string of the molecule is O=S(=O)(c1ccc(Cn2cncn2)c2c1[C@H](O)C(F)(F)C2)C(F)(F)F. The van der Waals surface area contributed by atoms with Crippen molar-refractivity contribution in [2.75, 3.05) is 0 Å². The fourth-order valence-corrected chi connectivity index (χ4v) is 3.76. The van der Waals surface area contributed by atoms with Crippen LogP contribution < -0.4 is 0 Å². The molecule has 0 amide bonds. The largest absolute Gasteiger partial charge is 0.501 e. The fourth-order valence-electron chi connectivity index (χ4n) is 2.74. The predicted molar refractivity (Wildman–Crippen MR) is 72.4 cm³/mol. The molecule has 1 aliphatic rings. The van der Waals surface area contributed by atoms with Crippen molar-refractivity contribution < 1.29 is 35.5 Å². The van der Waals surface area contributed by atoms with Crippen LogP contribution in [0.4, 0.5) is 22.0 Å². The van der Waals surface area contributed by atoms with E-state index in [0.29, 0.717) is 6.07 Å². The van der Waals surface area contributed by atoms with Crippen molar-refractivity contribution in [2.24, 2.45) is 0 Å². The summed E-state index contributed by atoms with van der Waals surface area (Å²) in [7, 11) is -5.89. The molecule has 1 aliphatic carbocycles. The Morgan fingerprint density at radius 2 is 2.00 bits per heavy atom. The van der Waals surface area contributed by atoms with E-state index in [4.69, 9.17) is 0 Å². The smallest absolute Gasteiger partial charge is 0.382 e. The molecular formula is C13H10F5N3O3S. The molecule has 25 heavy (non-hydrogen) atoms. The van der Waals surface area contributed by atoms with Crippen LogP contribution in [-0.2, 0) is 22.8 Å². The van der Waals surface area contributed by atoms with Crippen molar-refractivity contribution in [3.05, 3.63) is 41.5 Å². The maximum absolute atomic E-state index is 13.9. The molecule has 0 unspecified atom stereocenters. The van der Waals surface area contributed by atoms with Crippen LogP contribution in [0.5, 0.6) is 0 Å². The molecule has 3 rings (SSSR count). The number of nitrogens with zero attached hydrogens (tertiary/aromatic N) is 3. The Hall–Kier alpha value is -2.08. The molecule has 2 aromatic rings. The second-order valence-corrected chi connectivity index (χ2v) is 7.41. The highest BCUT2D eigenvalue weighted by Gasteiger charge is 2.54. The highest BCUT2D eigenvalue weighted by Crippen LogP contribution is 2.48. The molecule has 136 valence electrons. The van der Waals surface area contributed by atoms with Crippen LogP contribution in [-0.4, -0.2) is 39.7 Å². The molecular weight excluding hydrogens is 373 g/mol. The van der Waals surface area contributed by atoms with E-state index < -0.39 is 44.3 Å². The summed E-state index contributed by atoms with van der Waals surface area (Å²) < 4.78 is 90.9. The molecule has 0 spiro atoms. The molecule has 0 radical (unpaired) electrons. The van der Waals surface area contributed by atoms with Crippen LogP contribution in [0.3, 0.4) is 0 Å². The lowest BCUT2D eigenvalue weighted by atomic mass is 10.0. The number of halogens is 5. The van der Waals surface area contributed by atoms with Gasteiger partial charge in [0.1, 0.15) is 18.8 Å². The van der Waals surface area contributed by atoms with Gasteiger partial charge in [0.05, 0.1) is 11.4 Å². The topological polar surface area (TPSA) is 85.1 Å². The van der Waals surface area contributed by atoms with Crippen molar-refractivity contribution >= 4 is 9.84 Å². The number of sulfone groups is 1. The molecule has 1 aromatic carbocycles. The first-order valence-electron chi connectivity index (χ1n) is 6.79. The first-order valence-corrected chi connectivity index (χ1v) is 8.28. The molecule has 0 fully saturated rings. The molecule has 1 atom stereocenters. The normalized spacial score (nSPS) is 19.8. The van der Waals surface area contributed by atoms with Gasteiger partial charge >= 0.3 is 5.51 Å². The minimum absolute atomic E-state index is 0.114. The average Bonchev–Trinajstić information content (AvgIpc) is 3.06. The van der Waals surface area contributed by atoms with Gasteiger partial charge in [-0.1, -0.05) is 6.07 Å². The van der Waals surface area contributed by atoms with Gasteiger partial charge in [-0.2, -0.15) is 18.3 Å². The molecule has 1 N–H and O–H groups in total. The molecule has 1 heterocycles. The number of hydrogen-bond donors (Lipinski definition) is 1. The average molecular weight is 383 g/mol. The Bertz CT molecular complexity index is 910. The number of rotatable bonds is 3. The van der Waals surface area contributed by atoms with Crippen LogP contribution in [0.2, 0.25) is 0 Å². The number of hydrogen-bond acceptors (Lipinski definition) is 5. The van der Waals surface area contributed by atoms with E-state index in [1.807, 2.05) is 0 Å². The zero-order chi connectivity index (χ0) is 18.6. The molecule has 0 saturated carbocycles. The Morgan fingerprint density at radius 1 is 1.32 bits per heavy atom. The van der Waals surface area contributed by atoms with Crippen LogP contribution in [0.1, 0.15) is 22.8 Å². The van der Waals surface area contributed by atoms with Gasteiger partial charge in [-0.3, -0.25) is 0 Å². The molecule has 12 heteroatoms. The Labute approximate surface area is 137 Å². The molecule has 0 saturated heterocycles. The predicted octanol–water partition coefficient (Wildman–Crippen LogP) is 1.84. The van der Waals surface area contributed by atoms with E-state index >= 15 is 0 Å².